The van der Waals surface area contributed by atoms with Gasteiger partial charge in [0.15, 0.2) is 0 Å². The zero-order valence-electron chi connectivity index (χ0n) is 11.9. The number of nitrogens with zero attached hydrogens (tertiary/aromatic N) is 1. The predicted molar refractivity (Wildman–Crippen MR) is 72.2 cm³/mol. The highest BCUT2D eigenvalue weighted by molar-refractivity contribution is 5.96. The van der Waals surface area contributed by atoms with Crippen LogP contribution < -0.4 is 11.1 Å². The normalized spacial score (nSPS) is 13.4. The molecule has 0 aliphatic heterocycles. The van der Waals surface area contributed by atoms with Crippen LogP contribution in [0, 0.1) is 16.7 Å². The van der Waals surface area contributed by atoms with Gasteiger partial charge >= 0.3 is 6.18 Å². The van der Waals surface area contributed by atoms with Crippen molar-refractivity contribution in [1.29, 1.82) is 5.26 Å². The topological polar surface area (TPSA) is 78.9 Å². The van der Waals surface area contributed by atoms with E-state index >= 15 is 0 Å². The van der Waals surface area contributed by atoms with Crippen molar-refractivity contribution in [2.24, 2.45) is 11.1 Å². The van der Waals surface area contributed by atoms with Crippen LogP contribution in [-0.4, -0.2) is 11.9 Å². The molecule has 1 atom stereocenters. The molecular formula is C14H16F3N3O. The Morgan fingerprint density at radius 3 is 2.33 bits per heavy atom. The molecule has 0 saturated carbocycles. The van der Waals surface area contributed by atoms with E-state index in [9.17, 15) is 18.0 Å². The van der Waals surface area contributed by atoms with Gasteiger partial charge < -0.3 is 11.1 Å². The molecule has 0 radical (unpaired) electrons. The summed E-state index contributed by atoms with van der Waals surface area (Å²) >= 11 is 0. The largest absolute Gasteiger partial charge is 0.416 e. The van der Waals surface area contributed by atoms with Gasteiger partial charge in [0, 0.05) is 0 Å². The van der Waals surface area contributed by atoms with Gasteiger partial charge in [0.2, 0.25) is 5.91 Å². The fourth-order valence-electron chi connectivity index (χ4n) is 1.53. The standard InChI is InChI=1S/C14H16F3N3O/c1-13(2,3)11(19)12(21)20-10-5-4-9(14(15,16)17)6-8(10)7-18/h4-6,11H,19H2,1-3H3,(H,20,21)/t11-/m1/s1. The third-order valence-electron chi connectivity index (χ3n) is 2.94. The van der Waals surface area contributed by atoms with E-state index in [4.69, 9.17) is 11.0 Å². The van der Waals surface area contributed by atoms with Crippen molar-refractivity contribution >= 4 is 11.6 Å². The molecule has 7 heteroatoms. The van der Waals surface area contributed by atoms with Gasteiger partial charge in [0.1, 0.15) is 6.07 Å². The van der Waals surface area contributed by atoms with Crippen molar-refractivity contribution in [2.75, 3.05) is 5.32 Å². The molecule has 21 heavy (non-hydrogen) atoms. The Hall–Kier alpha value is -2.07. The number of carbonyl (C=O) groups excluding carboxylic acids is 1. The number of anilines is 1. The fourth-order valence-corrected chi connectivity index (χ4v) is 1.53. The van der Waals surface area contributed by atoms with Gasteiger partial charge in [0.05, 0.1) is 22.9 Å². The van der Waals surface area contributed by atoms with Crippen LogP contribution in [0.5, 0.6) is 0 Å². The quantitative estimate of drug-likeness (QED) is 0.881. The number of carbonyl (C=O) groups is 1. The Labute approximate surface area is 120 Å². The number of hydrogen-bond acceptors (Lipinski definition) is 3. The predicted octanol–water partition coefficient (Wildman–Crippen LogP) is 2.89. The average Bonchev–Trinajstić information content (AvgIpc) is 2.35. The van der Waals surface area contributed by atoms with Gasteiger partial charge in [-0.2, -0.15) is 18.4 Å². The van der Waals surface area contributed by atoms with E-state index in [1.807, 2.05) is 0 Å². The summed E-state index contributed by atoms with van der Waals surface area (Å²) in [5.74, 6) is -0.557. The SMILES string of the molecule is CC(C)(C)[C@H](N)C(=O)Nc1ccc(C(F)(F)F)cc1C#N. The molecule has 1 aromatic rings. The molecule has 0 aliphatic rings. The van der Waals surface area contributed by atoms with E-state index < -0.39 is 29.1 Å². The maximum atomic E-state index is 12.6. The summed E-state index contributed by atoms with van der Waals surface area (Å²) in [6, 6.07) is 3.33. The maximum absolute atomic E-state index is 12.6. The summed E-state index contributed by atoms with van der Waals surface area (Å²) < 4.78 is 37.7. The summed E-state index contributed by atoms with van der Waals surface area (Å²) in [7, 11) is 0. The Morgan fingerprint density at radius 2 is 1.90 bits per heavy atom. The minimum atomic E-state index is -4.55. The fraction of sp³-hybridized carbons (Fsp3) is 0.429. The molecule has 0 unspecified atom stereocenters. The van der Waals surface area contributed by atoms with Gasteiger partial charge in [-0.15, -0.1) is 0 Å². The van der Waals surface area contributed by atoms with Gasteiger partial charge in [-0.05, 0) is 23.6 Å². The lowest BCUT2D eigenvalue weighted by Gasteiger charge is -2.26. The second kappa shape index (κ2) is 5.74. The summed E-state index contributed by atoms with van der Waals surface area (Å²) in [5.41, 5.74) is 4.04. The smallest absolute Gasteiger partial charge is 0.324 e. The maximum Gasteiger partial charge on any atom is 0.416 e. The van der Waals surface area contributed by atoms with E-state index in [0.29, 0.717) is 6.07 Å². The van der Waals surface area contributed by atoms with Crippen LogP contribution >= 0.6 is 0 Å². The van der Waals surface area contributed by atoms with Crippen molar-refractivity contribution in [1.82, 2.24) is 0 Å². The second-order valence-corrected chi connectivity index (χ2v) is 5.70. The Balaban J connectivity index is 3.06. The van der Waals surface area contributed by atoms with Crippen molar-refractivity contribution in [3.8, 4) is 6.07 Å². The lowest BCUT2D eigenvalue weighted by atomic mass is 9.87. The lowest BCUT2D eigenvalue weighted by Crippen LogP contribution is -2.45. The highest BCUT2D eigenvalue weighted by atomic mass is 19.4. The number of nitriles is 1. The summed E-state index contributed by atoms with van der Waals surface area (Å²) in [4.78, 5) is 11.9. The van der Waals surface area contributed by atoms with Gasteiger partial charge in [-0.1, -0.05) is 20.8 Å². The molecule has 0 fully saturated rings. The molecule has 0 saturated heterocycles. The molecule has 0 aromatic heterocycles. The third kappa shape index (κ3) is 4.20. The van der Waals surface area contributed by atoms with Crippen LogP contribution in [-0.2, 0) is 11.0 Å². The summed E-state index contributed by atoms with van der Waals surface area (Å²) in [5, 5.41) is 11.3. The second-order valence-electron chi connectivity index (χ2n) is 5.70. The van der Waals surface area contributed by atoms with Crippen molar-refractivity contribution in [3.63, 3.8) is 0 Å². The van der Waals surface area contributed by atoms with Crippen molar-refractivity contribution in [2.45, 2.75) is 33.0 Å². The van der Waals surface area contributed by atoms with E-state index in [1.54, 1.807) is 26.8 Å². The number of amides is 1. The minimum absolute atomic E-state index is 0.00944. The first kappa shape index (κ1) is 17.0. The molecule has 1 aromatic carbocycles. The van der Waals surface area contributed by atoms with Crippen molar-refractivity contribution in [3.05, 3.63) is 29.3 Å². The number of benzene rings is 1. The van der Waals surface area contributed by atoms with E-state index in [1.165, 1.54) is 0 Å². The number of nitrogens with one attached hydrogen (secondary N) is 1. The Bertz CT molecular complexity index is 583. The van der Waals surface area contributed by atoms with E-state index in [0.717, 1.165) is 12.1 Å². The zero-order chi connectivity index (χ0) is 16.4. The first-order valence-electron chi connectivity index (χ1n) is 6.14. The van der Waals surface area contributed by atoms with Crippen LogP contribution in [0.15, 0.2) is 18.2 Å². The van der Waals surface area contributed by atoms with Crippen LogP contribution in [0.25, 0.3) is 0 Å². The highest BCUT2D eigenvalue weighted by Gasteiger charge is 2.32. The molecule has 0 spiro atoms. The molecule has 3 N–H and O–H groups in total. The van der Waals surface area contributed by atoms with E-state index in [-0.39, 0.29) is 11.3 Å². The number of rotatable bonds is 2. The monoisotopic (exact) mass is 299 g/mol. The number of halogens is 3. The molecular weight excluding hydrogens is 283 g/mol. The van der Waals surface area contributed by atoms with Crippen LogP contribution in [0.1, 0.15) is 31.9 Å². The molecule has 0 bridgehead atoms. The Morgan fingerprint density at radius 1 is 1.33 bits per heavy atom. The summed E-state index contributed by atoms with van der Waals surface area (Å²) in [6.45, 7) is 5.28. The van der Waals surface area contributed by atoms with Gasteiger partial charge in [-0.3, -0.25) is 4.79 Å². The molecule has 1 amide bonds. The average molecular weight is 299 g/mol. The number of hydrogen-bond donors (Lipinski definition) is 2. The molecule has 4 nitrogen and oxygen atoms in total. The van der Waals surface area contributed by atoms with Crippen LogP contribution in [0.2, 0.25) is 0 Å². The van der Waals surface area contributed by atoms with Crippen LogP contribution in [0.3, 0.4) is 0 Å². The number of nitrogens with two attached hydrogens (primary N) is 1. The van der Waals surface area contributed by atoms with Crippen LogP contribution in [0.4, 0.5) is 18.9 Å². The molecule has 0 heterocycles. The summed E-state index contributed by atoms with van der Waals surface area (Å²) in [6.07, 6.45) is -4.55. The third-order valence-corrected chi connectivity index (χ3v) is 2.94. The minimum Gasteiger partial charge on any atom is -0.324 e. The molecule has 0 aliphatic carbocycles. The van der Waals surface area contributed by atoms with Crippen molar-refractivity contribution < 1.29 is 18.0 Å². The first-order valence-corrected chi connectivity index (χ1v) is 6.14. The Kier molecular flexibility index (Phi) is 4.64. The highest BCUT2D eigenvalue weighted by Crippen LogP contribution is 2.31. The number of alkyl halides is 3. The molecule has 114 valence electrons. The lowest BCUT2D eigenvalue weighted by molar-refractivity contribution is -0.137. The van der Waals surface area contributed by atoms with Gasteiger partial charge in [0.25, 0.3) is 0 Å². The zero-order valence-corrected chi connectivity index (χ0v) is 11.9. The molecule has 1 rings (SSSR count). The first-order chi connectivity index (χ1) is 9.46. The van der Waals surface area contributed by atoms with Gasteiger partial charge in [-0.25, -0.2) is 0 Å². The van der Waals surface area contributed by atoms with E-state index in [2.05, 4.69) is 5.32 Å².